The molecule has 4 bridgehead atoms. The van der Waals surface area contributed by atoms with Gasteiger partial charge in [-0.1, -0.05) is 15.9 Å². The van der Waals surface area contributed by atoms with E-state index in [0.717, 1.165) is 34.9 Å². The molecule has 3 nitrogen and oxygen atoms in total. The predicted molar refractivity (Wildman–Crippen MR) is 88.6 cm³/mol. The maximum Gasteiger partial charge on any atom is 0.251 e. The van der Waals surface area contributed by atoms with E-state index < -0.39 is 5.60 Å². The topological polar surface area (TPSA) is 49.3 Å². The summed E-state index contributed by atoms with van der Waals surface area (Å²) in [5.74, 6) is 1.62. The maximum absolute atomic E-state index is 12.7. The van der Waals surface area contributed by atoms with Gasteiger partial charge in [-0.2, -0.15) is 0 Å². The first-order valence-electron chi connectivity index (χ1n) is 8.23. The number of halogens is 1. The molecule has 4 aliphatic carbocycles. The van der Waals surface area contributed by atoms with Crippen LogP contribution in [0.25, 0.3) is 0 Å². The van der Waals surface area contributed by atoms with Crippen molar-refractivity contribution in [3.8, 4) is 0 Å². The van der Waals surface area contributed by atoms with E-state index in [1.54, 1.807) is 0 Å². The van der Waals surface area contributed by atoms with Crippen molar-refractivity contribution in [2.75, 3.05) is 0 Å². The van der Waals surface area contributed by atoms with Crippen LogP contribution in [0.4, 0.5) is 0 Å². The minimum Gasteiger partial charge on any atom is -0.390 e. The van der Waals surface area contributed by atoms with E-state index in [1.165, 1.54) is 12.8 Å². The van der Waals surface area contributed by atoms with Crippen molar-refractivity contribution in [3.05, 3.63) is 33.8 Å². The summed E-state index contributed by atoms with van der Waals surface area (Å²) in [6.07, 6.45) is 5.05. The van der Waals surface area contributed by atoms with Crippen LogP contribution in [0.1, 0.15) is 48.0 Å². The number of rotatable bonds is 2. The molecule has 0 radical (unpaired) electrons. The maximum atomic E-state index is 12.7. The van der Waals surface area contributed by atoms with Crippen LogP contribution in [-0.2, 0) is 0 Å². The highest BCUT2D eigenvalue weighted by Gasteiger charge is 2.55. The lowest BCUT2D eigenvalue weighted by molar-refractivity contribution is -0.136. The number of amides is 1. The van der Waals surface area contributed by atoms with E-state index in [2.05, 4.69) is 21.2 Å². The summed E-state index contributed by atoms with van der Waals surface area (Å²) in [7, 11) is 0. The van der Waals surface area contributed by atoms with E-state index in [1.807, 2.05) is 25.1 Å². The van der Waals surface area contributed by atoms with Gasteiger partial charge in [0.1, 0.15) is 0 Å². The zero-order valence-electron chi connectivity index (χ0n) is 12.8. The first-order chi connectivity index (χ1) is 10.4. The van der Waals surface area contributed by atoms with Crippen molar-refractivity contribution in [3.63, 3.8) is 0 Å². The van der Waals surface area contributed by atoms with Gasteiger partial charge in [-0.15, -0.1) is 0 Å². The van der Waals surface area contributed by atoms with Crippen LogP contribution < -0.4 is 5.32 Å². The van der Waals surface area contributed by atoms with Gasteiger partial charge in [0.15, 0.2) is 0 Å². The highest BCUT2D eigenvalue weighted by Crippen LogP contribution is 2.55. The first kappa shape index (κ1) is 14.7. The van der Waals surface area contributed by atoms with Gasteiger partial charge in [0.25, 0.3) is 5.91 Å². The van der Waals surface area contributed by atoms with Crippen LogP contribution in [0.2, 0.25) is 0 Å². The predicted octanol–water partition coefficient (Wildman–Crippen LogP) is 3.43. The molecule has 118 valence electrons. The fourth-order valence-electron chi connectivity index (χ4n) is 5.33. The second-order valence-electron chi connectivity index (χ2n) is 7.65. The van der Waals surface area contributed by atoms with Crippen molar-refractivity contribution < 1.29 is 9.90 Å². The zero-order valence-corrected chi connectivity index (χ0v) is 14.4. The molecule has 4 saturated carbocycles. The molecule has 0 aliphatic heterocycles. The lowest BCUT2D eigenvalue weighted by Gasteiger charge is -2.58. The molecule has 4 heteroatoms. The summed E-state index contributed by atoms with van der Waals surface area (Å²) in [4.78, 5) is 12.7. The standard InChI is InChI=1S/C18H22BrNO2/c1-10-4-14(19)2-3-15(10)17(21)20-16-12-5-11-6-13(16)9-18(22,7-11)8-12/h2-4,11-13,16,22H,5-9H2,1H3,(H,20,21)/t11?,12?,13?,16-,18-. The Morgan fingerprint density at radius 3 is 2.55 bits per heavy atom. The summed E-state index contributed by atoms with van der Waals surface area (Å²) in [6, 6.07) is 6.03. The molecular formula is C18H22BrNO2. The summed E-state index contributed by atoms with van der Waals surface area (Å²) in [5, 5.41) is 13.9. The molecule has 2 N–H and O–H groups in total. The molecule has 22 heavy (non-hydrogen) atoms. The number of aliphatic hydroxyl groups is 1. The summed E-state index contributed by atoms with van der Waals surface area (Å²) in [6.45, 7) is 1.97. The molecule has 1 aromatic rings. The summed E-state index contributed by atoms with van der Waals surface area (Å²) < 4.78 is 0.999. The minimum atomic E-state index is -0.439. The Morgan fingerprint density at radius 2 is 1.95 bits per heavy atom. The fourth-order valence-corrected chi connectivity index (χ4v) is 5.80. The first-order valence-corrected chi connectivity index (χ1v) is 9.02. The largest absolute Gasteiger partial charge is 0.390 e. The Morgan fingerprint density at radius 1 is 1.27 bits per heavy atom. The van der Waals surface area contributed by atoms with Gasteiger partial charge in [-0.3, -0.25) is 4.79 Å². The Balaban J connectivity index is 1.53. The SMILES string of the molecule is Cc1cc(Br)ccc1C(=O)N[C@H]1C2CC3CC1C[C@](O)(C3)C2. The molecule has 2 atom stereocenters. The zero-order chi connectivity index (χ0) is 15.5. The van der Waals surface area contributed by atoms with Crippen molar-refractivity contribution in [2.45, 2.75) is 50.7 Å². The highest BCUT2D eigenvalue weighted by atomic mass is 79.9. The average Bonchev–Trinajstić information content (AvgIpc) is 2.40. The average molecular weight is 364 g/mol. The van der Waals surface area contributed by atoms with Crippen LogP contribution in [0.15, 0.2) is 22.7 Å². The number of hydrogen-bond acceptors (Lipinski definition) is 2. The smallest absolute Gasteiger partial charge is 0.251 e. The lowest BCUT2D eigenvalue weighted by atomic mass is 9.52. The number of aryl methyl sites for hydroxylation is 1. The normalized spacial score (nSPS) is 39.0. The molecule has 0 heterocycles. The third-order valence-electron chi connectivity index (χ3n) is 5.97. The second-order valence-corrected chi connectivity index (χ2v) is 8.57. The molecule has 0 saturated heterocycles. The van der Waals surface area contributed by atoms with Crippen LogP contribution in [-0.4, -0.2) is 22.7 Å². The van der Waals surface area contributed by atoms with Crippen LogP contribution in [0.5, 0.6) is 0 Å². The Kier molecular flexibility index (Phi) is 3.39. The van der Waals surface area contributed by atoms with E-state index in [4.69, 9.17) is 0 Å². The molecule has 4 aliphatic rings. The molecule has 1 aromatic carbocycles. The highest BCUT2D eigenvalue weighted by molar-refractivity contribution is 9.10. The van der Waals surface area contributed by atoms with Crippen LogP contribution >= 0.6 is 15.9 Å². The number of carbonyl (C=O) groups excluding carboxylic acids is 1. The lowest BCUT2D eigenvalue weighted by Crippen LogP contribution is -2.61. The molecule has 5 rings (SSSR count). The monoisotopic (exact) mass is 363 g/mol. The fraction of sp³-hybridized carbons (Fsp3) is 0.611. The van der Waals surface area contributed by atoms with Gasteiger partial charge in [-0.05, 0) is 80.5 Å². The molecule has 1 amide bonds. The molecule has 0 aromatic heterocycles. The Hall–Kier alpha value is -0.870. The van der Waals surface area contributed by atoms with Gasteiger partial charge in [0.2, 0.25) is 0 Å². The third-order valence-corrected chi connectivity index (χ3v) is 6.46. The molecule has 4 fully saturated rings. The third kappa shape index (κ3) is 2.41. The number of hydrogen-bond donors (Lipinski definition) is 2. The van der Waals surface area contributed by atoms with Crippen molar-refractivity contribution in [1.82, 2.24) is 5.32 Å². The Labute approximate surface area is 139 Å². The van der Waals surface area contributed by atoms with Gasteiger partial charge in [-0.25, -0.2) is 0 Å². The van der Waals surface area contributed by atoms with Gasteiger partial charge < -0.3 is 10.4 Å². The van der Waals surface area contributed by atoms with E-state index >= 15 is 0 Å². The Bertz CT molecular complexity index is 614. The van der Waals surface area contributed by atoms with Gasteiger partial charge in [0, 0.05) is 16.1 Å². The minimum absolute atomic E-state index is 0.0365. The van der Waals surface area contributed by atoms with E-state index in [9.17, 15) is 9.90 Å². The summed E-state index contributed by atoms with van der Waals surface area (Å²) >= 11 is 3.44. The van der Waals surface area contributed by atoms with Crippen LogP contribution in [0, 0.1) is 24.7 Å². The van der Waals surface area contributed by atoms with Gasteiger partial charge in [0.05, 0.1) is 5.60 Å². The van der Waals surface area contributed by atoms with Crippen molar-refractivity contribution in [1.29, 1.82) is 0 Å². The summed E-state index contributed by atoms with van der Waals surface area (Å²) in [5.41, 5.74) is 1.32. The molecule has 0 spiro atoms. The van der Waals surface area contributed by atoms with E-state index in [0.29, 0.717) is 17.8 Å². The van der Waals surface area contributed by atoms with Gasteiger partial charge >= 0.3 is 0 Å². The second kappa shape index (κ2) is 5.07. The molecule has 2 unspecified atom stereocenters. The van der Waals surface area contributed by atoms with Crippen molar-refractivity contribution >= 4 is 21.8 Å². The molecular weight excluding hydrogens is 342 g/mol. The number of benzene rings is 1. The van der Waals surface area contributed by atoms with Crippen molar-refractivity contribution in [2.24, 2.45) is 17.8 Å². The van der Waals surface area contributed by atoms with Crippen LogP contribution in [0.3, 0.4) is 0 Å². The quantitative estimate of drug-likeness (QED) is 0.845. The van der Waals surface area contributed by atoms with E-state index in [-0.39, 0.29) is 11.9 Å². The number of carbonyl (C=O) groups is 1. The number of nitrogens with one attached hydrogen (secondary N) is 1.